The van der Waals surface area contributed by atoms with Crippen LogP contribution in [0.15, 0.2) is 24.3 Å². The second-order valence-corrected chi connectivity index (χ2v) is 7.87. The highest BCUT2D eigenvalue weighted by atomic mass is 19.3. The molecule has 1 atom stereocenters. The third kappa shape index (κ3) is 5.42. The molecule has 0 saturated heterocycles. The Morgan fingerprint density at radius 3 is 2.21 bits per heavy atom. The lowest BCUT2D eigenvalue weighted by Crippen LogP contribution is -2.54. The van der Waals surface area contributed by atoms with E-state index in [4.69, 9.17) is 9.47 Å². The number of ether oxygens (including phenoxy) is 2. The molecule has 0 bridgehead atoms. The number of hydrogen-bond donors (Lipinski definition) is 0. The minimum atomic E-state index is -4.24. The molecule has 0 spiro atoms. The molecule has 1 unspecified atom stereocenters. The summed E-state index contributed by atoms with van der Waals surface area (Å²) in [5.74, 6) is -7.93. The van der Waals surface area contributed by atoms with Gasteiger partial charge in [0, 0.05) is 5.92 Å². The number of carbonyl (C=O) groups is 2. The summed E-state index contributed by atoms with van der Waals surface area (Å²) in [5, 5.41) is 11.0. The van der Waals surface area contributed by atoms with Crippen LogP contribution >= 0.6 is 0 Å². The van der Waals surface area contributed by atoms with Crippen LogP contribution in [0.4, 0.5) is 8.78 Å². The summed E-state index contributed by atoms with van der Waals surface area (Å²) in [6.07, 6.45) is 1.80. The van der Waals surface area contributed by atoms with Gasteiger partial charge in [0.05, 0.1) is 5.56 Å². The van der Waals surface area contributed by atoms with Gasteiger partial charge in [-0.25, -0.2) is 4.79 Å². The van der Waals surface area contributed by atoms with Crippen LogP contribution in [0.3, 0.4) is 0 Å². The Hall–Kier alpha value is -2.18. The Kier molecular flexibility index (Phi) is 7.01. The second kappa shape index (κ2) is 8.88. The summed E-state index contributed by atoms with van der Waals surface area (Å²) in [6, 6.07) is 5.94. The van der Waals surface area contributed by atoms with Crippen molar-refractivity contribution in [3.05, 3.63) is 29.8 Å². The van der Waals surface area contributed by atoms with Crippen molar-refractivity contribution in [2.45, 2.75) is 76.9 Å². The molecule has 1 saturated carbocycles. The van der Waals surface area contributed by atoms with Crippen LogP contribution in [0, 0.1) is 5.92 Å². The number of rotatable bonds is 8. The van der Waals surface area contributed by atoms with Gasteiger partial charge in [-0.05, 0) is 57.4 Å². The molecule has 0 heterocycles. The van der Waals surface area contributed by atoms with Crippen LogP contribution in [-0.2, 0) is 9.53 Å². The molecular formula is C21H27F2O5-. The fourth-order valence-electron chi connectivity index (χ4n) is 3.25. The Morgan fingerprint density at radius 1 is 1.14 bits per heavy atom. The first-order valence-corrected chi connectivity index (χ1v) is 9.66. The van der Waals surface area contributed by atoms with E-state index >= 15 is 0 Å². The van der Waals surface area contributed by atoms with Crippen molar-refractivity contribution in [1.29, 1.82) is 0 Å². The number of carboxylic acids is 1. The number of benzene rings is 1. The molecular weight excluding hydrogens is 370 g/mol. The minimum absolute atomic E-state index is 0.0524. The maximum Gasteiger partial charge on any atom is 0.338 e. The normalized spacial score (nSPS) is 17.0. The van der Waals surface area contributed by atoms with E-state index in [0.29, 0.717) is 31.4 Å². The molecule has 156 valence electrons. The highest BCUT2D eigenvalue weighted by Gasteiger charge is 2.48. The van der Waals surface area contributed by atoms with Crippen molar-refractivity contribution in [3.8, 4) is 5.75 Å². The molecule has 0 aromatic heterocycles. The maximum atomic E-state index is 14.2. The van der Waals surface area contributed by atoms with Gasteiger partial charge in [-0.2, -0.15) is 8.78 Å². The summed E-state index contributed by atoms with van der Waals surface area (Å²) >= 11 is 0. The molecule has 0 radical (unpaired) electrons. The van der Waals surface area contributed by atoms with Gasteiger partial charge in [-0.3, -0.25) is 0 Å². The molecule has 1 aliphatic carbocycles. The van der Waals surface area contributed by atoms with E-state index in [9.17, 15) is 23.5 Å². The van der Waals surface area contributed by atoms with Gasteiger partial charge in [0.2, 0.25) is 0 Å². The van der Waals surface area contributed by atoms with Crippen LogP contribution < -0.4 is 9.84 Å². The monoisotopic (exact) mass is 397 g/mol. The van der Waals surface area contributed by atoms with E-state index in [1.165, 1.54) is 12.1 Å². The first-order valence-electron chi connectivity index (χ1n) is 9.66. The van der Waals surface area contributed by atoms with Crippen molar-refractivity contribution in [1.82, 2.24) is 0 Å². The van der Waals surface area contributed by atoms with E-state index < -0.39 is 29.9 Å². The van der Waals surface area contributed by atoms with Gasteiger partial charge in [-0.1, -0.05) is 26.2 Å². The van der Waals surface area contributed by atoms with Gasteiger partial charge in [0.15, 0.2) is 6.10 Å². The number of halogens is 2. The number of carboxylic acid groups (broad SMARTS) is 1. The van der Waals surface area contributed by atoms with Crippen molar-refractivity contribution in [2.24, 2.45) is 5.92 Å². The highest BCUT2D eigenvalue weighted by Crippen LogP contribution is 2.36. The second-order valence-electron chi connectivity index (χ2n) is 7.87. The molecule has 1 aliphatic rings. The average molecular weight is 397 g/mol. The number of esters is 1. The summed E-state index contributed by atoms with van der Waals surface area (Å²) < 4.78 is 39.2. The lowest BCUT2D eigenvalue weighted by Gasteiger charge is -2.35. The number of carbonyl (C=O) groups excluding carboxylic acids is 2. The maximum absolute atomic E-state index is 14.2. The molecule has 0 N–H and O–H groups in total. The van der Waals surface area contributed by atoms with E-state index in [1.807, 2.05) is 20.8 Å². The van der Waals surface area contributed by atoms with Gasteiger partial charge < -0.3 is 19.4 Å². The first kappa shape index (κ1) is 22.1. The fourth-order valence-corrected chi connectivity index (χ4v) is 3.25. The smallest absolute Gasteiger partial charge is 0.338 e. The Morgan fingerprint density at radius 2 is 1.71 bits per heavy atom. The Bertz CT molecular complexity index is 679. The SMILES string of the molecule is CCC(C)(C)Oc1ccc(C(=O)OC(C2CCCCC2)C(F)(F)C(=O)[O-])cc1. The van der Waals surface area contributed by atoms with E-state index in [1.54, 1.807) is 12.1 Å². The summed E-state index contributed by atoms with van der Waals surface area (Å²) in [7, 11) is 0. The lowest BCUT2D eigenvalue weighted by molar-refractivity contribution is -0.337. The van der Waals surface area contributed by atoms with Crippen LogP contribution in [0.5, 0.6) is 5.75 Å². The number of alkyl halides is 2. The quantitative estimate of drug-likeness (QED) is 0.625. The summed E-state index contributed by atoms with van der Waals surface area (Å²) in [5.41, 5.74) is -0.332. The lowest BCUT2D eigenvalue weighted by atomic mass is 9.83. The zero-order valence-electron chi connectivity index (χ0n) is 16.5. The third-order valence-electron chi connectivity index (χ3n) is 5.28. The molecule has 28 heavy (non-hydrogen) atoms. The highest BCUT2D eigenvalue weighted by molar-refractivity contribution is 5.90. The van der Waals surface area contributed by atoms with Crippen LogP contribution in [-0.4, -0.2) is 29.6 Å². The molecule has 0 aliphatic heterocycles. The topological polar surface area (TPSA) is 75.7 Å². The minimum Gasteiger partial charge on any atom is -0.544 e. The fraction of sp³-hybridized carbons (Fsp3) is 0.619. The first-order chi connectivity index (χ1) is 13.1. The Balaban J connectivity index is 2.15. The third-order valence-corrected chi connectivity index (χ3v) is 5.28. The molecule has 1 aromatic rings. The largest absolute Gasteiger partial charge is 0.544 e. The van der Waals surface area contributed by atoms with E-state index in [0.717, 1.165) is 12.8 Å². The van der Waals surface area contributed by atoms with Gasteiger partial charge in [-0.15, -0.1) is 0 Å². The van der Waals surface area contributed by atoms with Crippen LogP contribution in [0.2, 0.25) is 0 Å². The van der Waals surface area contributed by atoms with Crippen molar-refractivity contribution >= 4 is 11.9 Å². The predicted molar refractivity (Wildman–Crippen MR) is 97.2 cm³/mol. The number of hydrogen-bond acceptors (Lipinski definition) is 5. The van der Waals surface area contributed by atoms with Crippen molar-refractivity contribution < 1.29 is 33.0 Å². The van der Waals surface area contributed by atoms with E-state index in [-0.39, 0.29) is 11.2 Å². The average Bonchev–Trinajstić information content (AvgIpc) is 2.66. The number of aliphatic carboxylic acids is 1. The Labute approximate surface area is 164 Å². The predicted octanol–water partition coefficient (Wildman–Crippen LogP) is 3.74. The standard InChI is InChI=1S/C21H28F2O5/c1-4-20(2,3)28-16-12-10-15(11-13-16)18(24)27-17(21(22,23)19(25)26)14-8-6-5-7-9-14/h10-14,17H,4-9H2,1-3H3,(H,25,26)/p-1. The van der Waals surface area contributed by atoms with E-state index in [2.05, 4.69) is 0 Å². The zero-order chi connectivity index (χ0) is 20.9. The van der Waals surface area contributed by atoms with Gasteiger partial charge in [0.1, 0.15) is 17.3 Å². The zero-order valence-corrected chi connectivity index (χ0v) is 16.5. The molecule has 1 aromatic carbocycles. The van der Waals surface area contributed by atoms with Crippen molar-refractivity contribution in [3.63, 3.8) is 0 Å². The molecule has 1 fully saturated rings. The molecule has 2 rings (SSSR count). The van der Waals surface area contributed by atoms with Crippen molar-refractivity contribution in [2.75, 3.05) is 0 Å². The van der Waals surface area contributed by atoms with Crippen LogP contribution in [0.25, 0.3) is 0 Å². The molecule has 7 heteroatoms. The van der Waals surface area contributed by atoms with Crippen LogP contribution in [0.1, 0.15) is 69.7 Å². The summed E-state index contributed by atoms with van der Waals surface area (Å²) in [6.45, 7) is 5.83. The summed E-state index contributed by atoms with van der Waals surface area (Å²) in [4.78, 5) is 23.4. The van der Waals surface area contributed by atoms with Gasteiger partial charge >= 0.3 is 11.9 Å². The molecule has 5 nitrogen and oxygen atoms in total. The molecule has 0 amide bonds. The van der Waals surface area contributed by atoms with Gasteiger partial charge in [0.25, 0.3) is 0 Å².